The highest BCUT2D eigenvalue weighted by molar-refractivity contribution is 5.98. The highest BCUT2D eigenvalue weighted by Gasteiger charge is 2.28. The van der Waals surface area contributed by atoms with Crippen molar-refractivity contribution in [1.29, 1.82) is 0 Å². The molecule has 3 rings (SSSR count). The molecule has 1 N–H and O–H groups in total. The Bertz CT molecular complexity index is 946. The molecule has 0 atom stereocenters. The Kier molecular flexibility index (Phi) is 5.01. The summed E-state index contributed by atoms with van der Waals surface area (Å²) < 4.78 is 1.27. The summed E-state index contributed by atoms with van der Waals surface area (Å²) in [6.45, 7) is 3.00. The van der Waals surface area contributed by atoms with E-state index in [2.05, 4.69) is 4.98 Å². The molecule has 1 fully saturated rings. The molecule has 8 heteroatoms. The fraction of sp³-hybridized carbons (Fsp3) is 0.333. The van der Waals surface area contributed by atoms with E-state index in [1.54, 1.807) is 4.90 Å². The fourth-order valence-corrected chi connectivity index (χ4v) is 3.00. The highest BCUT2D eigenvalue weighted by atomic mass is 16.2. The number of nitrogens with zero attached hydrogens (tertiary/aromatic N) is 3. The lowest BCUT2D eigenvalue weighted by Crippen LogP contribution is -2.52. The molecule has 1 aromatic heterocycles. The van der Waals surface area contributed by atoms with Gasteiger partial charge in [0.15, 0.2) is 0 Å². The van der Waals surface area contributed by atoms with E-state index in [0.717, 1.165) is 11.3 Å². The van der Waals surface area contributed by atoms with Crippen molar-refractivity contribution in [2.75, 3.05) is 24.5 Å². The van der Waals surface area contributed by atoms with Gasteiger partial charge >= 0.3 is 5.69 Å². The molecule has 8 nitrogen and oxygen atoms in total. The van der Waals surface area contributed by atoms with Gasteiger partial charge in [-0.3, -0.25) is 19.4 Å². The van der Waals surface area contributed by atoms with Gasteiger partial charge in [-0.1, -0.05) is 18.2 Å². The Hall–Kier alpha value is -3.16. The van der Waals surface area contributed by atoms with E-state index in [4.69, 9.17) is 0 Å². The Morgan fingerprint density at radius 1 is 1.12 bits per heavy atom. The van der Waals surface area contributed by atoms with Crippen LogP contribution in [0.1, 0.15) is 12.0 Å². The Labute approximate surface area is 149 Å². The fourth-order valence-electron chi connectivity index (χ4n) is 3.00. The largest absolute Gasteiger partial charge is 0.332 e. The SMILES string of the molecule is Cc1ccccc1N1CCN(C(=O)CCn2ccc(=O)[nH]c2=O)CC1=O. The van der Waals surface area contributed by atoms with Crippen LogP contribution in [0.2, 0.25) is 0 Å². The molecule has 0 aliphatic carbocycles. The van der Waals surface area contributed by atoms with Gasteiger partial charge in [-0.2, -0.15) is 0 Å². The lowest BCUT2D eigenvalue weighted by atomic mass is 10.1. The molecule has 26 heavy (non-hydrogen) atoms. The summed E-state index contributed by atoms with van der Waals surface area (Å²) in [7, 11) is 0. The molecule has 0 bridgehead atoms. The Morgan fingerprint density at radius 3 is 2.58 bits per heavy atom. The van der Waals surface area contributed by atoms with Crippen LogP contribution in [-0.2, 0) is 16.1 Å². The first-order valence-corrected chi connectivity index (χ1v) is 8.39. The van der Waals surface area contributed by atoms with Crippen LogP contribution in [0.25, 0.3) is 0 Å². The summed E-state index contributed by atoms with van der Waals surface area (Å²) in [6.07, 6.45) is 1.44. The molecule has 1 saturated heterocycles. The van der Waals surface area contributed by atoms with Crippen molar-refractivity contribution in [3.8, 4) is 0 Å². The number of anilines is 1. The number of aromatic nitrogens is 2. The second kappa shape index (κ2) is 7.38. The maximum atomic E-state index is 12.5. The van der Waals surface area contributed by atoms with Gasteiger partial charge in [0.25, 0.3) is 5.56 Å². The maximum Gasteiger partial charge on any atom is 0.328 e. The maximum absolute atomic E-state index is 12.5. The van der Waals surface area contributed by atoms with E-state index in [1.807, 2.05) is 31.2 Å². The number of piperazine rings is 1. The van der Waals surface area contributed by atoms with Crippen LogP contribution in [0.5, 0.6) is 0 Å². The van der Waals surface area contributed by atoms with Gasteiger partial charge < -0.3 is 14.4 Å². The zero-order chi connectivity index (χ0) is 18.7. The number of aryl methyl sites for hydroxylation is 2. The molecule has 2 amide bonds. The van der Waals surface area contributed by atoms with Crippen molar-refractivity contribution in [2.45, 2.75) is 19.9 Å². The van der Waals surface area contributed by atoms with Crippen molar-refractivity contribution in [2.24, 2.45) is 0 Å². The highest BCUT2D eigenvalue weighted by Crippen LogP contribution is 2.21. The van der Waals surface area contributed by atoms with Gasteiger partial charge in [0.05, 0.1) is 0 Å². The molecule has 1 aliphatic heterocycles. The Morgan fingerprint density at radius 2 is 1.88 bits per heavy atom. The first-order chi connectivity index (χ1) is 12.5. The number of para-hydroxylation sites is 1. The van der Waals surface area contributed by atoms with Crippen LogP contribution in [0, 0.1) is 6.92 Å². The van der Waals surface area contributed by atoms with Gasteiger partial charge in [0.1, 0.15) is 6.54 Å². The predicted molar refractivity (Wildman–Crippen MR) is 96.1 cm³/mol. The van der Waals surface area contributed by atoms with E-state index >= 15 is 0 Å². The summed E-state index contributed by atoms with van der Waals surface area (Å²) in [5.41, 5.74) is 0.851. The Balaban J connectivity index is 1.61. The standard InChI is InChI=1S/C18H20N4O4/c1-13-4-2-3-5-14(13)22-11-10-21(12-17(22)25)16(24)7-9-20-8-6-15(23)19-18(20)26/h2-6,8H,7,9-12H2,1H3,(H,19,23,26). The number of hydrogen-bond acceptors (Lipinski definition) is 4. The third-order valence-electron chi connectivity index (χ3n) is 4.44. The number of carbonyl (C=O) groups excluding carboxylic acids is 2. The minimum atomic E-state index is -0.550. The van der Waals surface area contributed by atoms with E-state index in [-0.39, 0.29) is 31.3 Å². The van der Waals surface area contributed by atoms with E-state index in [9.17, 15) is 19.2 Å². The summed E-state index contributed by atoms with van der Waals surface area (Å²) in [4.78, 5) is 52.9. The van der Waals surface area contributed by atoms with E-state index in [1.165, 1.54) is 21.7 Å². The number of carbonyl (C=O) groups is 2. The van der Waals surface area contributed by atoms with Crippen LogP contribution in [0.4, 0.5) is 5.69 Å². The molecule has 0 radical (unpaired) electrons. The minimum Gasteiger partial charge on any atom is -0.332 e. The number of hydrogen-bond donors (Lipinski definition) is 1. The van der Waals surface area contributed by atoms with Gasteiger partial charge in [-0.05, 0) is 18.6 Å². The molecular weight excluding hydrogens is 336 g/mol. The molecule has 0 spiro atoms. The van der Waals surface area contributed by atoms with Gasteiger partial charge in [-0.25, -0.2) is 4.79 Å². The van der Waals surface area contributed by atoms with Crippen molar-refractivity contribution < 1.29 is 9.59 Å². The van der Waals surface area contributed by atoms with Gasteiger partial charge in [-0.15, -0.1) is 0 Å². The van der Waals surface area contributed by atoms with Gasteiger partial charge in [0, 0.05) is 44.0 Å². The third-order valence-corrected chi connectivity index (χ3v) is 4.44. The normalized spacial score (nSPS) is 14.6. The second-order valence-corrected chi connectivity index (χ2v) is 6.20. The monoisotopic (exact) mass is 356 g/mol. The number of amides is 2. The summed E-state index contributed by atoms with van der Waals surface area (Å²) in [5.74, 6) is -0.319. The molecular formula is C18H20N4O4. The predicted octanol–water partition coefficient (Wildman–Crippen LogP) is 0.111. The summed E-state index contributed by atoms with van der Waals surface area (Å²) in [6, 6.07) is 8.88. The van der Waals surface area contributed by atoms with Crippen LogP contribution in [0.3, 0.4) is 0 Å². The van der Waals surface area contributed by atoms with Crippen LogP contribution < -0.4 is 16.1 Å². The average Bonchev–Trinajstić information content (AvgIpc) is 2.61. The molecule has 1 aromatic carbocycles. The topological polar surface area (TPSA) is 95.5 Å². The van der Waals surface area contributed by atoms with Crippen molar-refractivity contribution >= 4 is 17.5 Å². The number of H-pyrrole nitrogens is 1. The van der Waals surface area contributed by atoms with Crippen molar-refractivity contribution in [3.05, 3.63) is 62.9 Å². The van der Waals surface area contributed by atoms with Crippen LogP contribution >= 0.6 is 0 Å². The molecule has 2 heterocycles. The molecule has 0 saturated carbocycles. The first-order valence-electron chi connectivity index (χ1n) is 8.39. The minimum absolute atomic E-state index is 0.0215. The number of benzene rings is 1. The van der Waals surface area contributed by atoms with E-state index < -0.39 is 11.2 Å². The lowest BCUT2D eigenvalue weighted by molar-refractivity contribution is -0.137. The van der Waals surface area contributed by atoms with Gasteiger partial charge in [0.2, 0.25) is 11.8 Å². The zero-order valence-corrected chi connectivity index (χ0v) is 14.5. The zero-order valence-electron chi connectivity index (χ0n) is 14.5. The number of aromatic amines is 1. The van der Waals surface area contributed by atoms with E-state index in [0.29, 0.717) is 13.1 Å². The molecule has 136 valence electrons. The summed E-state index contributed by atoms with van der Waals surface area (Å²) >= 11 is 0. The van der Waals surface area contributed by atoms with Crippen molar-refractivity contribution in [3.63, 3.8) is 0 Å². The number of rotatable bonds is 4. The van der Waals surface area contributed by atoms with Crippen LogP contribution in [0.15, 0.2) is 46.1 Å². The smallest absolute Gasteiger partial charge is 0.328 e. The molecule has 1 aliphatic rings. The third kappa shape index (κ3) is 3.74. The number of nitrogens with one attached hydrogen (secondary N) is 1. The van der Waals surface area contributed by atoms with Crippen molar-refractivity contribution in [1.82, 2.24) is 14.5 Å². The molecule has 2 aromatic rings. The average molecular weight is 356 g/mol. The second-order valence-electron chi connectivity index (χ2n) is 6.20. The lowest BCUT2D eigenvalue weighted by Gasteiger charge is -2.35. The molecule has 0 unspecified atom stereocenters. The quantitative estimate of drug-likeness (QED) is 0.841. The first kappa shape index (κ1) is 17.7. The van der Waals surface area contributed by atoms with Crippen LogP contribution in [-0.4, -0.2) is 45.9 Å². The summed E-state index contributed by atoms with van der Waals surface area (Å²) in [5, 5.41) is 0.